The van der Waals surface area contributed by atoms with E-state index in [-0.39, 0.29) is 0 Å². The molecule has 1 nitrogen and oxygen atoms in total. The molecular formula is C14H18O. The molecule has 0 unspecified atom stereocenters. The third-order valence-electron chi connectivity index (χ3n) is 2.72. The molecule has 2 rings (SSSR count). The maximum Gasteiger partial charge on any atom is 0.134 e. The Bertz CT molecular complexity index is 451. The fraction of sp³-hybridized carbons (Fsp3) is 0.429. The lowest BCUT2D eigenvalue weighted by molar-refractivity contribution is 0.574. The number of benzene rings is 1. The predicted molar refractivity (Wildman–Crippen MR) is 64.1 cm³/mol. The smallest absolute Gasteiger partial charge is 0.134 e. The zero-order valence-electron chi connectivity index (χ0n) is 9.71. The lowest BCUT2D eigenvalue weighted by Gasteiger charge is -2.04. The van der Waals surface area contributed by atoms with Crippen LogP contribution in [0.15, 0.2) is 28.7 Å². The van der Waals surface area contributed by atoms with E-state index in [2.05, 4.69) is 38.1 Å². The fourth-order valence-corrected chi connectivity index (χ4v) is 1.82. The van der Waals surface area contributed by atoms with Crippen LogP contribution in [-0.4, -0.2) is 0 Å². The molecule has 1 aromatic carbocycles. The highest BCUT2D eigenvalue weighted by atomic mass is 16.3. The Morgan fingerprint density at radius 1 is 1.20 bits per heavy atom. The minimum Gasteiger partial charge on any atom is -0.461 e. The van der Waals surface area contributed by atoms with Crippen molar-refractivity contribution in [1.82, 2.24) is 0 Å². The molecule has 0 bridgehead atoms. The largest absolute Gasteiger partial charge is 0.461 e. The summed E-state index contributed by atoms with van der Waals surface area (Å²) in [4.78, 5) is 0. The van der Waals surface area contributed by atoms with E-state index in [1.807, 2.05) is 6.92 Å². The van der Waals surface area contributed by atoms with Crippen LogP contribution in [0.2, 0.25) is 0 Å². The van der Waals surface area contributed by atoms with Crippen molar-refractivity contribution in [3.05, 3.63) is 35.6 Å². The first-order valence-corrected chi connectivity index (χ1v) is 5.64. The van der Waals surface area contributed by atoms with Crippen LogP contribution in [0.5, 0.6) is 0 Å². The molecule has 1 heterocycles. The summed E-state index contributed by atoms with van der Waals surface area (Å²) in [6.07, 6.45) is 2.39. The molecule has 1 aromatic heterocycles. The van der Waals surface area contributed by atoms with Gasteiger partial charge in [0.05, 0.1) is 0 Å². The zero-order chi connectivity index (χ0) is 10.8. The summed E-state index contributed by atoms with van der Waals surface area (Å²) < 4.78 is 5.62. The van der Waals surface area contributed by atoms with Crippen molar-refractivity contribution in [2.24, 2.45) is 5.92 Å². The summed E-state index contributed by atoms with van der Waals surface area (Å²) in [5.74, 6) is 1.75. The van der Waals surface area contributed by atoms with Gasteiger partial charge in [0.15, 0.2) is 0 Å². The second-order valence-electron chi connectivity index (χ2n) is 4.66. The lowest BCUT2D eigenvalue weighted by atomic mass is 10.0. The van der Waals surface area contributed by atoms with E-state index in [0.29, 0.717) is 0 Å². The SMILES string of the molecule is Cc1cc2ccc(CCC(C)C)cc2o1. The quantitative estimate of drug-likeness (QED) is 0.722. The molecule has 0 aliphatic rings. The number of furan rings is 1. The van der Waals surface area contributed by atoms with Gasteiger partial charge in [0.25, 0.3) is 0 Å². The maximum atomic E-state index is 5.62. The second kappa shape index (κ2) is 4.09. The molecule has 0 radical (unpaired) electrons. The molecule has 0 aliphatic heterocycles. The van der Waals surface area contributed by atoms with Crippen molar-refractivity contribution in [3.8, 4) is 0 Å². The van der Waals surface area contributed by atoms with Gasteiger partial charge in [-0.2, -0.15) is 0 Å². The van der Waals surface area contributed by atoms with Gasteiger partial charge in [0.2, 0.25) is 0 Å². The van der Waals surface area contributed by atoms with Gasteiger partial charge in [-0.15, -0.1) is 0 Å². The fourth-order valence-electron chi connectivity index (χ4n) is 1.82. The third-order valence-corrected chi connectivity index (χ3v) is 2.72. The second-order valence-corrected chi connectivity index (χ2v) is 4.66. The molecule has 0 N–H and O–H groups in total. The van der Waals surface area contributed by atoms with Gasteiger partial charge >= 0.3 is 0 Å². The van der Waals surface area contributed by atoms with Crippen LogP contribution >= 0.6 is 0 Å². The molecule has 15 heavy (non-hydrogen) atoms. The van der Waals surface area contributed by atoms with E-state index in [9.17, 15) is 0 Å². The van der Waals surface area contributed by atoms with Gasteiger partial charge in [-0.05, 0) is 43.4 Å². The first-order valence-electron chi connectivity index (χ1n) is 5.64. The van der Waals surface area contributed by atoms with Crippen molar-refractivity contribution in [2.75, 3.05) is 0 Å². The first-order chi connectivity index (χ1) is 7.15. The molecule has 1 heteroatoms. The summed E-state index contributed by atoms with van der Waals surface area (Å²) in [7, 11) is 0. The Hall–Kier alpha value is -1.24. The summed E-state index contributed by atoms with van der Waals surface area (Å²) in [5, 5.41) is 1.21. The van der Waals surface area contributed by atoms with E-state index in [1.54, 1.807) is 0 Å². The Morgan fingerprint density at radius 2 is 2.00 bits per heavy atom. The van der Waals surface area contributed by atoms with Crippen LogP contribution in [0.3, 0.4) is 0 Å². The van der Waals surface area contributed by atoms with Crippen molar-refractivity contribution in [3.63, 3.8) is 0 Å². The van der Waals surface area contributed by atoms with Gasteiger partial charge in [-0.25, -0.2) is 0 Å². The standard InChI is InChI=1S/C14H18O/c1-10(2)4-5-12-6-7-13-8-11(3)15-14(13)9-12/h6-10H,4-5H2,1-3H3. The van der Waals surface area contributed by atoms with E-state index < -0.39 is 0 Å². The highest BCUT2D eigenvalue weighted by Gasteiger charge is 2.02. The normalized spacial score (nSPS) is 11.5. The molecule has 0 saturated carbocycles. The van der Waals surface area contributed by atoms with Gasteiger partial charge in [-0.3, -0.25) is 0 Å². The Kier molecular flexibility index (Phi) is 2.81. The molecule has 0 aliphatic carbocycles. The van der Waals surface area contributed by atoms with Gasteiger partial charge < -0.3 is 4.42 Å². The number of aryl methyl sites for hydroxylation is 2. The third kappa shape index (κ3) is 2.41. The van der Waals surface area contributed by atoms with E-state index in [1.165, 1.54) is 17.4 Å². The van der Waals surface area contributed by atoms with Gasteiger partial charge in [-0.1, -0.05) is 26.0 Å². The molecule has 80 valence electrons. The van der Waals surface area contributed by atoms with Crippen LogP contribution in [0, 0.1) is 12.8 Å². The van der Waals surface area contributed by atoms with E-state index >= 15 is 0 Å². The molecule has 0 amide bonds. The Labute approximate surface area is 91.1 Å². The monoisotopic (exact) mass is 202 g/mol. The maximum absolute atomic E-state index is 5.62. The highest BCUT2D eigenvalue weighted by molar-refractivity contribution is 5.78. The number of hydrogen-bond donors (Lipinski definition) is 0. The highest BCUT2D eigenvalue weighted by Crippen LogP contribution is 2.21. The van der Waals surface area contributed by atoms with Gasteiger partial charge in [0.1, 0.15) is 11.3 Å². The summed E-state index contributed by atoms with van der Waals surface area (Å²) in [5.41, 5.74) is 2.40. The number of hydrogen-bond acceptors (Lipinski definition) is 1. The molecular weight excluding hydrogens is 184 g/mol. The number of rotatable bonds is 3. The first kappa shape index (κ1) is 10.3. The molecule has 0 saturated heterocycles. The van der Waals surface area contributed by atoms with Crippen LogP contribution < -0.4 is 0 Å². The molecule has 0 spiro atoms. The summed E-state index contributed by atoms with van der Waals surface area (Å²) in [6, 6.07) is 8.62. The van der Waals surface area contributed by atoms with Gasteiger partial charge in [0, 0.05) is 5.39 Å². The molecule has 2 aromatic rings. The van der Waals surface area contributed by atoms with Crippen molar-refractivity contribution >= 4 is 11.0 Å². The van der Waals surface area contributed by atoms with Crippen LogP contribution in [0.4, 0.5) is 0 Å². The lowest BCUT2D eigenvalue weighted by Crippen LogP contribution is -1.91. The Balaban J connectivity index is 2.22. The van der Waals surface area contributed by atoms with E-state index in [4.69, 9.17) is 4.42 Å². The van der Waals surface area contributed by atoms with E-state index in [0.717, 1.165) is 23.7 Å². The number of fused-ring (bicyclic) bond motifs is 1. The average molecular weight is 202 g/mol. The van der Waals surface area contributed by atoms with Crippen molar-refractivity contribution in [1.29, 1.82) is 0 Å². The van der Waals surface area contributed by atoms with Crippen LogP contribution in [-0.2, 0) is 6.42 Å². The predicted octanol–water partition coefficient (Wildman–Crippen LogP) is 4.33. The molecule has 0 fully saturated rings. The van der Waals surface area contributed by atoms with Crippen molar-refractivity contribution in [2.45, 2.75) is 33.6 Å². The van der Waals surface area contributed by atoms with Crippen LogP contribution in [0.1, 0.15) is 31.6 Å². The average Bonchev–Trinajstić information content (AvgIpc) is 2.53. The summed E-state index contributed by atoms with van der Waals surface area (Å²) >= 11 is 0. The van der Waals surface area contributed by atoms with Crippen molar-refractivity contribution < 1.29 is 4.42 Å². The summed E-state index contributed by atoms with van der Waals surface area (Å²) in [6.45, 7) is 6.51. The zero-order valence-corrected chi connectivity index (χ0v) is 9.71. The van der Waals surface area contributed by atoms with Crippen LogP contribution in [0.25, 0.3) is 11.0 Å². The minimum atomic E-state index is 0.763. The topological polar surface area (TPSA) is 13.1 Å². The minimum absolute atomic E-state index is 0.763. The Morgan fingerprint density at radius 3 is 2.73 bits per heavy atom. The molecule has 0 atom stereocenters.